The van der Waals surface area contributed by atoms with Gasteiger partial charge in [0.1, 0.15) is 12.7 Å². The molecule has 1 aliphatic carbocycles. The molecule has 0 aromatic carbocycles. The number of aromatic nitrogens is 6. The van der Waals surface area contributed by atoms with Crippen LogP contribution in [0.4, 0.5) is 0 Å². The highest BCUT2D eigenvalue weighted by Crippen LogP contribution is 2.40. The van der Waals surface area contributed by atoms with Gasteiger partial charge in [0, 0.05) is 31.7 Å². The minimum Gasteiger partial charge on any atom is -0.338 e. The van der Waals surface area contributed by atoms with Crippen LogP contribution in [0.1, 0.15) is 59.4 Å². The maximum absolute atomic E-state index is 13.4. The molecule has 4 heterocycles. The van der Waals surface area contributed by atoms with Crippen LogP contribution in [0.2, 0.25) is 0 Å². The first-order valence-corrected chi connectivity index (χ1v) is 9.59. The van der Waals surface area contributed by atoms with E-state index in [1.54, 1.807) is 17.3 Å². The first-order chi connectivity index (χ1) is 13.1. The molecule has 0 spiro atoms. The molecule has 2 aliphatic rings. The van der Waals surface area contributed by atoms with Crippen molar-refractivity contribution in [2.45, 2.75) is 44.6 Å². The van der Waals surface area contributed by atoms with Crippen LogP contribution in [-0.2, 0) is 7.05 Å². The Morgan fingerprint density at radius 3 is 2.63 bits per heavy atom. The zero-order valence-corrected chi connectivity index (χ0v) is 15.7. The average molecular weight is 365 g/mol. The van der Waals surface area contributed by atoms with Gasteiger partial charge in [-0.25, -0.2) is 14.6 Å². The van der Waals surface area contributed by atoms with E-state index in [1.165, 1.54) is 0 Å². The Hall–Kier alpha value is -2.77. The Bertz CT molecular complexity index is 995. The zero-order valence-electron chi connectivity index (χ0n) is 15.7. The number of fused-ring (bicyclic) bond motifs is 1. The highest BCUT2D eigenvalue weighted by atomic mass is 16.2. The van der Waals surface area contributed by atoms with Gasteiger partial charge < -0.3 is 4.90 Å². The SMILES string of the molecule is Cc1nn(C)c2nc(C3CC3)cc(C(=O)N3CCC(n4cncn4)CC3)c12. The van der Waals surface area contributed by atoms with Crippen molar-refractivity contribution in [1.82, 2.24) is 34.4 Å². The molecular weight excluding hydrogens is 342 g/mol. The second-order valence-corrected chi connectivity index (χ2v) is 7.68. The van der Waals surface area contributed by atoms with Crippen molar-refractivity contribution in [2.75, 3.05) is 13.1 Å². The van der Waals surface area contributed by atoms with Crippen molar-refractivity contribution in [3.8, 4) is 0 Å². The van der Waals surface area contributed by atoms with E-state index in [0.29, 0.717) is 12.0 Å². The largest absolute Gasteiger partial charge is 0.338 e. The van der Waals surface area contributed by atoms with Gasteiger partial charge in [0.25, 0.3) is 5.91 Å². The predicted molar refractivity (Wildman–Crippen MR) is 99.4 cm³/mol. The molecule has 0 bridgehead atoms. The molecule has 2 fully saturated rings. The number of likely N-dealkylation sites (tertiary alicyclic amines) is 1. The maximum atomic E-state index is 13.4. The minimum absolute atomic E-state index is 0.0949. The molecule has 0 atom stereocenters. The van der Waals surface area contributed by atoms with Gasteiger partial charge in [0.05, 0.1) is 22.7 Å². The topological polar surface area (TPSA) is 81.7 Å². The van der Waals surface area contributed by atoms with Gasteiger partial charge in [-0.1, -0.05) is 0 Å². The third-order valence-corrected chi connectivity index (χ3v) is 5.78. The lowest BCUT2D eigenvalue weighted by molar-refractivity contribution is 0.0691. The smallest absolute Gasteiger partial charge is 0.254 e. The number of pyridine rings is 1. The van der Waals surface area contributed by atoms with Crippen LogP contribution >= 0.6 is 0 Å². The van der Waals surface area contributed by atoms with E-state index in [2.05, 4.69) is 15.2 Å². The van der Waals surface area contributed by atoms with E-state index >= 15 is 0 Å². The van der Waals surface area contributed by atoms with Gasteiger partial charge >= 0.3 is 0 Å². The van der Waals surface area contributed by atoms with Crippen LogP contribution in [0.25, 0.3) is 11.0 Å². The van der Waals surface area contributed by atoms with E-state index in [0.717, 1.165) is 66.8 Å². The standard InChI is InChI=1S/C19H23N7O/c1-12-17-15(9-16(13-3-4-13)22-18(17)24(2)23-12)19(27)25-7-5-14(6-8-25)26-11-20-10-21-26/h9-11,13-14H,3-8H2,1-2H3. The Kier molecular flexibility index (Phi) is 3.73. The van der Waals surface area contributed by atoms with Gasteiger partial charge in [0.2, 0.25) is 0 Å². The van der Waals surface area contributed by atoms with Crippen LogP contribution in [0.5, 0.6) is 0 Å². The van der Waals surface area contributed by atoms with Crippen LogP contribution in [-0.4, -0.2) is 53.4 Å². The highest BCUT2D eigenvalue weighted by molar-refractivity contribution is 6.06. The molecular formula is C19H23N7O. The normalized spacial score (nSPS) is 18.4. The van der Waals surface area contributed by atoms with Crippen molar-refractivity contribution >= 4 is 16.9 Å². The van der Waals surface area contributed by atoms with Gasteiger partial charge in [-0.05, 0) is 38.7 Å². The molecule has 27 heavy (non-hydrogen) atoms. The van der Waals surface area contributed by atoms with E-state index in [4.69, 9.17) is 4.98 Å². The van der Waals surface area contributed by atoms with Gasteiger partial charge in [-0.3, -0.25) is 9.48 Å². The van der Waals surface area contributed by atoms with Crippen molar-refractivity contribution in [3.63, 3.8) is 0 Å². The number of hydrogen-bond donors (Lipinski definition) is 0. The second kappa shape index (κ2) is 6.14. The summed E-state index contributed by atoms with van der Waals surface area (Å²) in [5, 5.41) is 9.65. The quantitative estimate of drug-likeness (QED) is 0.711. The summed E-state index contributed by atoms with van der Waals surface area (Å²) in [6, 6.07) is 2.33. The van der Waals surface area contributed by atoms with Gasteiger partial charge in [0.15, 0.2) is 5.65 Å². The summed E-state index contributed by atoms with van der Waals surface area (Å²) in [6.07, 6.45) is 7.43. The summed E-state index contributed by atoms with van der Waals surface area (Å²) < 4.78 is 3.70. The van der Waals surface area contributed by atoms with Crippen LogP contribution < -0.4 is 0 Å². The summed E-state index contributed by atoms with van der Waals surface area (Å²) in [5.41, 5.74) is 3.47. The molecule has 3 aromatic heterocycles. The number of carbonyl (C=O) groups excluding carboxylic acids is 1. The summed E-state index contributed by atoms with van der Waals surface area (Å²) in [5.74, 6) is 0.589. The summed E-state index contributed by atoms with van der Waals surface area (Å²) >= 11 is 0. The lowest BCUT2D eigenvalue weighted by atomic mass is 10.0. The summed E-state index contributed by atoms with van der Waals surface area (Å²) in [6.45, 7) is 3.41. The molecule has 1 amide bonds. The molecule has 1 aliphatic heterocycles. The first kappa shape index (κ1) is 16.4. The summed E-state index contributed by atoms with van der Waals surface area (Å²) in [7, 11) is 1.90. The monoisotopic (exact) mass is 365 g/mol. The third kappa shape index (κ3) is 2.79. The van der Waals surface area contributed by atoms with Crippen molar-refractivity contribution < 1.29 is 4.79 Å². The van der Waals surface area contributed by atoms with Gasteiger partial charge in [-0.15, -0.1) is 0 Å². The molecule has 1 saturated carbocycles. The molecule has 5 rings (SSSR count). The molecule has 3 aromatic rings. The Labute approximate surface area is 157 Å². The number of carbonyl (C=O) groups is 1. The third-order valence-electron chi connectivity index (χ3n) is 5.78. The average Bonchev–Trinajstić information content (AvgIpc) is 3.31. The first-order valence-electron chi connectivity index (χ1n) is 9.59. The molecule has 1 saturated heterocycles. The van der Waals surface area contributed by atoms with Crippen LogP contribution in [0, 0.1) is 6.92 Å². The second-order valence-electron chi connectivity index (χ2n) is 7.68. The molecule has 0 unspecified atom stereocenters. The number of nitrogens with zero attached hydrogens (tertiary/aromatic N) is 7. The van der Waals surface area contributed by atoms with Gasteiger partial charge in [-0.2, -0.15) is 10.2 Å². The van der Waals surface area contributed by atoms with E-state index < -0.39 is 0 Å². The Balaban J connectivity index is 1.45. The molecule has 140 valence electrons. The fraction of sp³-hybridized carbons (Fsp3) is 0.526. The fourth-order valence-corrected chi connectivity index (χ4v) is 4.13. The lowest BCUT2D eigenvalue weighted by Gasteiger charge is -2.32. The number of rotatable bonds is 3. The minimum atomic E-state index is 0.0949. The molecule has 8 heteroatoms. The van der Waals surface area contributed by atoms with Crippen molar-refractivity contribution in [3.05, 3.63) is 35.7 Å². The highest BCUT2D eigenvalue weighted by Gasteiger charge is 2.31. The summed E-state index contributed by atoms with van der Waals surface area (Å²) in [4.78, 5) is 24.2. The van der Waals surface area contributed by atoms with Crippen molar-refractivity contribution in [2.24, 2.45) is 7.05 Å². The Morgan fingerprint density at radius 1 is 1.19 bits per heavy atom. The lowest BCUT2D eigenvalue weighted by Crippen LogP contribution is -2.39. The maximum Gasteiger partial charge on any atom is 0.254 e. The van der Waals surface area contributed by atoms with Crippen LogP contribution in [0.15, 0.2) is 18.7 Å². The van der Waals surface area contributed by atoms with E-state index in [1.807, 2.05) is 29.6 Å². The number of piperidine rings is 1. The molecule has 0 N–H and O–H groups in total. The van der Waals surface area contributed by atoms with Crippen molar-refractivity contribution in [1.29, 1.82) is 0 Å². The van der Waals surface area contributed by atoms with E-state index in [9.17, 15) is 4.79 Å². The van der Waals surface area contributed by atoms with E-state index in [-0.39, 0.29) is 5.91 Å². The number of aryl methyl sites for hydroxylation is 2. The number of hydrogen-bond acceptors (Lipinski definition) is 5. The predicted octanol–water partition coefficient (Wildman–Crippen LogP) is 2.22. The number of amides is 1. The van der Waals surface area contributed by atoms with Crippen LogP contribution in [0.3, 0.4) is 0 Å². The molecule has 0 radical (unpaired) electrons. The zero-order chi connectivity index (χ0) is 18.5. The molecule has 8 nitrogen and oxygen atoms in total. The Morgan fingerprint density at radius 2 is 1.96 bits per heavy atom. The fourth-order valence-electron chi connectivity index (χ4n) is 4.13.